The second-order valence-corrected chi connectivity index (χ2v) is 4.50. The molecule has 1 aromatic rings. The van der Waals surface area contributed by atoms with Crippen molar-refractivity contribution < 1.29 is 0 Å². The van der Waals surface area contributed by atoms with Crippen molar-refractivity contribution in [1.82, 2.24) is 0 Å². The fraction of sp³-hybridized carbons (Fsp3) is 0.455. The SMILES string of the molecule is Cc1cc(C(N)C2CC2)c(Cl)cc1N. The number of benzene rings is 1. The molecule has 0 spiro atoms. The summed E-state index contributed by atoms with van der Waals surface area (Å²) in [5.41, 5.74) is 14.7. The van der Waals surface area contributed by atoms with Gasteiger partial charge in [-0.1, -0.05) is 17.7 Å². The molecule has 1 unspecified atom stereocenters. The Kier molecular flexibility index (Phi) is 2.41. The Hall–Kier alpha value is -0.730. The molecule has 0 amide bonds. The summed E-state index contributed by atoms with van der Waals surface area (Å²) in [7, 11) is 0. The molecule has 1 saturated carbocycles. The van der Waals surface area contributed by atoms with E-state index in [-0.39, 0.29) is 6.04 Å². The van der Waals surface area contributed by atoms with Crippen LogP contribution in [0.1, 0.15) is 30.0 Å². The highest BCUT2D eigenvalue weighted by Crippen LogP contribution is 2.42. The average molecular weight is 211 g/mol. The summed E-state index contributed by atoms with van der Waals surface area (Å²) in [6, 6.07) is 3.90. The summed E-state index contributed by atoms with van der Waals surface area (Å²) in [5.74, 6) is 0.621. The molecule has 1 aliphatic rings. The van der Waals surface area contributed by atoms with Crippen LogP contribution >= 0.6 is 11.6 Å². The lowest BCUT2D eigenvalue weighted by Gasteiger charge is -2.14. The van der Waals surface area contributed by atoms with Gasteiger partial charge in [0.25, 0.3) is 0 Å². The Morgan fingerprint density at radius 2 is 2.07 bits per heavy atom. The third-order valence-corrected chi connectivity index (χ3v) is 3.20. The quantitative estimate of drug-likeness (QED) is 0.738. The van der Waals surface area contributed by atoms with Gasteiger partial charge < -0.3 is 11.5 Å². The topological polar surface area (TPSA) is 52.0 Å². The van der Waals surface area contributed by atoms with Gasteiger partial charge in [0.05, 0.1) is 0 Å². The maximum absolute atomic E-state index is 6.11. The lowest BCUT2D eigenvalue weighted by atomic mass is 10.0. The highest BCUT2D eigenvalue weighted by Gasteiger charge is 2.30. The molecule has 2 rings (SSSR count). The van der Waals surface area contributed by atoms with Crippen LogP contribution in [0.5, 0.6) is 0 Å². The Balaban J connectivity index is 2.36. The molecule has 1 aromatic carbocycles. The smallest absolute Gasteiger partial charge is 0.0474 e. The molecule has 0 radical (unpaired) electrons. The van der Waals surface area contributed by atoms with Gasteiger partial charge in [-0.05, 0) is 42.9 Å². The molecule has 76 valence electrons. The molecule has 2 nitrogen and oxygen atoms in total. The summed E-state index contributed by atoms with van der Waals surface area (Å²) in [6.45, 7) is 1.98. The largest absolute Gasteiger partial charge is 0.398 e. The van der Waals surface area contributed by atoms with E-state index in [9.17, 15) is 0 Å². The number of hydrogen-bond acceptors (Lipinski definition) is 2. The lowest BCUT2D eigenvalue weighted by molar-refractivity contribution is 0.633. The first kappa shape index (κ1) is 9.81. The predicted octanol–water partition coefficient (Wildman–Crippen LogP) is 2.64. The molecule has 1 atom stereocenters. The van der Waals surface area contributed by atoms with E-state index in [0.29, 0.717) is 10.9 Å². The van der Waals surface area contributed by atoms with E-state index >= 15 is 0 Å². The van der Waals surface area contributed by atoms with E-state index in [1.165, 1.54) is 12.8 Å². The minimum Gasteiger partial charge on any atom is -0.398 e. The van der Waals surface area contributed by atoms with Crippen molar-refractivity contribution in [3.63, 3.8) is 0 Å². The Bertz CT molecular complexity index is 359. The number of rotatable bonds is 2. The van der Waals surface area contributed by atoms with Crippen molar-refractivity contribution in [1.29, 1.82) is 0 Å². The second kappa shape index (κ2) is 3.44. The van der Waals surface area contributed by atoms with Crippen LogP contribution in [0.3, 0.4) is 0 Å². The van der Waals surface area contributed by atoms with Crippen molar-refractivity contribution >= 4 is 17.3 Å². The van der Waals surface area contributed by atoms with Crippen molar-refractivity contribution in [2.75, 3.05) is 5.73 Å². The third-order valence-electron chi connectivity index (χ3n) is 2.87. The second-order valence-electron chi connectivity index (χ2n) is 4.09. The maximum Gasteiger partial charge on any atom is 0.0474 e. The van der Waals surface area contributed by atoms with E-state index in [1.807, 2.05) is 13.0 Å². The van der Waals surface area contributed by atoms with E-state index in [1.54, 1.807) is 6.07 Å². The highest BCUT2D eigenvalue weighted by atomic mass is 35.5. The van der Waals surface area contributed by atoms with E-state index in [4.69, 9.17) is 23.1 Å². The van der Waals surface area contributed by atoms with Crippen molar-refractivity contribution in [2.45, 2.75) is 25.8 Å². The van der Waals surface area contributed by atoms with Gasteiger partial charge in [-0.2, -0.15) is 0 Å². The molecule has 3 heteroatoms. The molecule has 14 heavy (non-hydrogen) atoms. The van der Waals surface area contributed by atoms with Crippen molar-refractivity contribution in [3.8, 4) is 0 Å². The van der Waals surface area contributed by atoms with Gasteiger partial charge in [0.15, 0.2) is 0 Å². The Morgan fingerprint density at radius 3 is 2.64 bits per heavy atom. The van der Waals surface area contributed by atoms with Crippen LogP contribution in [-0.4, -0.2) is 0 Å². The summed E-state index contributed by atoms with van der Waals surface area (Å²) in [6.07, 6.45) is 2.45. The van der Waals surface area contributed by atoms with Crippen molar-refractivity contribution in [3.05, 3.63) is 28.3 Å². The van der Waals surface area contributed by atoms with Gasteiger partial charge >= 0.3 is 0 Å². The van der Waals surface area contributed by atoms with E-state index < -0.39 is 0 Å². The standard InChI is InChI=1S/C11H15ClN2/c1-6-4-8(9(12)5-10(6)13)11(14)7-2-3-7/h4-5,7,11H,2-3,13-14H2,1H3. The summed E-state index contributed by atoms with van der Waals surface area (Å²) in [5, 5.41) is 0.701. The molecule has 1 aliphatic carbocycles. The fourth-order valence-electron chi connectivity index (χ4n) is 1.68. The molecule has 4 N–H and O–H groups in total. The van der Waals surface area contributed by atoms with Gasteiger partial charge in [-0.3, -0.25) is 0 Å². The zero-order valence-electron chi connectivity index (χ0n) is 8.26. The molecule has 0 aromatic heterocycles. The molecule has 0 bridgehead atoms. The van der Waals surface area contributed by atoms with Crippen LogP contribution in [0.2, 0.25) is 5.02 Å². The van der Waals surface area contributed by atoms with Gasteiger partial charge in [0.2, 0.25) is 0 Å². The monoisotopic (exact) mass is 210 g/mol. The van der Waals surface area contributed by atoms with Gasteiger partial charge in [0, 0.05) is 16.8 Å². The maximum atomic E-state index is 6.11. The number of aryl methyl sites for hydroxylation is 1. The first-order chi connectivity index (χ1) is 6.59. The normalized spacial score (nSPS) is 18.2. The van der Waals surface area contributed by atoms with Crippen LogP contribution in [0.15, 0.2) is 12.1 Å². The van der Waals surface area contributed by atoms with Crippen LogP contribution in [0.25, 0.3) is 0 Å². The summed E-state index contributed by atoms with van der Waals surface area (Å²) >= 11 is 6.11. The van der Waals surface area contributed by atoms with Crippen LogP contribution in [0, 0.1) is 12.8 Å². The molecular weight excluding hydrogens is 196 g/mol. The van der Waals surface area contributed by atoms with Gasteiger partial charge in [-0.15, -0.1) is 0 Å². The predicted molar refractivity (Wildman–Crippen MR) is 60.3 cm³/mol. The average Bonchev–Trinajstić information content (AvgIpc) is 2.93. The zero-order valence-corrected chi connectivity index (χ0v) is 9.01. The number of hydrogen-bond donors (Lipinski definition) is 2. The lowest BCUT2D eigenvalue weighted by Crippen LogP contribution is -2.13. The molecule has 0 aliphatic heterocycles. The van der Waals surface area contributed by atoms with Crippen LogP contribution < -0.4 is 11.5 Å². The third kappa shape index (κ3) is 1.72. The minimum atomic E-state index is 0.0850. The van der Waals surface area contributed by atoms with Gasteiger partial charge in [0.1, 0.15) is 0 Å². The zero-order chi connectivity index (χ0) is 10.3. The Morgan fingerprint density at radius 1 is 1.43 bits per heavy atom. The molecule has 1 fully saturated rings. The number of nitrogen functional groups attached to an aromatic ring is 1. The fourth-order valence-corrected chi connectivity index (χ4v) is 1.98. The minimum absolute atomic E-state index is 0.0850. The van der Waals surface area contributed by atoms with Crippen LogP contribution in [-0.2, 0) is 0 Å². The number of anilines is 1. The first-order valence-electron chi connectivity index (χ1n) is 4.90. The van der Waals surface area contributed by atoms with E-state index in [2.05, 4.69) is 0 Å². The summed E-state index contributed by atoms with van der Waals surface area (Å²) < 4.78 is 0. The summed E-state index contributed by atoms with van der Waals surface area (Å²) in [4.78, 5) is 0. The van der Waals surface area contributed by atoms with Crippen LogP contribution in [0.4, 0.5) is 5.69 Å². The van der Waals surface area contributed by atoms with Crippen molar-refractivity contribution in [2.24, 2.45) is 11.7 Å². The van der Waals surface area contributed by atoms with Gasteiger partial charge in [-0.25, -0.2) is 0 Å². The number of halogens is 1. The Labute approximate surface area is 89.2 Å². The molecule has 0 heterocycles. The van der Waals surface area contributed by atoms with E-state index in [0.717, 1.165) is 16.8 Å². The highest BCUT2D eigenvalue weighted by molar-refractivity contribution is 6.31. The molecular formula is C11H15ClN2. The first-order valence-corrected chi connectivity index (χ1v) is 5.28. The number of nitrogens with two attached hydrogens (primary N) is 2. The molecule has 0 saturated heterocycles.